The number of hydrogen-bond donors (Lipinski definition) is 2. The number of nitrogens with two attached hydrogens (primary N) is 1. The molecule has 1 saturated carbocycles. The van der Waals surface area contributed by atoms with E-state index in [1.807, 2.05) is 0 Å². The molecule has 2 atom stereocenters. The van der Waals surface area contributed by atoms with Gasteiger partial charge in [-0.2, -0.15) is 4.98 Å². The van der Waals surface area contributed by atoms with E-state index in [-0.39, 0.29) is 0 Å². The predicted molar refractivity (Wildman–Crippen MR) is 49.5 cm³/mol. The minimum Gasteiger partial charge on any atom is -0.339 e. The summed E-state index contributed by atoms with van der Waals surface area (Å²) >= 11 is 0. The number of aromatic nitrogens is 2. The zero-order valence-corrected chi connectivity index (χ0v) is 7.99. The Morgan fingerprint density at radius 1 is 1.64 bits per heavy atom. The van der Waals surface area contributed by atoms with Crippen LogP contribution in [0, 0.1) is 5.41 Å². The molecule has 0 aromatic carbocycles. The van der Waals surface area contributed by atoms with E-state index >= 15 is 0 Å². The highest BCUT2D eigenvalue weighted by Gasteiger charge is 2.58. The van der Waals surface area contributed by atoms with Gasteiger partial charge in [0.1, 0.15) is 0 Å². The van der Waals surface area contributed by atoms with Crippen molar-refractivity contribution < 1.29 is 4.52 Å². The summed E-state index contributed by atoms with van der Waals surface area (Å²) < 4.78 is 5.20. The molecule has 0 radical (unpaired) electrons. The third kappa shape index (κ3) is 1.09. The van der Waals surface area contributed by atoms with Crippen LogP contribution in [0.3, 0.4) is 0 Å². The Labute approximate surface area is 82.0 Å². The van der Waals surface area contributed by atoms with Crippen molar-refractivity contribution in [3.63, 3.8) is 0 Å². The largest absolute Gasteiger partial charge is 0.339 e. The molecule has 1 aromatic heterocycles. The fourth-order valence-corrected chi connectivity index (χ4v) is 2.42. The van der Waals surface area contributed by atoms with Crippen molar-refractivity contribution in [3.8, 4) is 0 Å². The maximum atomic E-state index is 5.43. The van der Waals surface area contributed by atoms with Crippen molar-refractivity contribution in [3.05, 3.63) is 11.7 Å². The van der Waals surface area contributed by atoms with E-state index in [2.05, 4.69) is 15.5 Å². The second-order valence-corrected chi connectivity index (χ2v) is 4.30. The topological polar surface area (TPSA) is 77.0 Å². The Morgan fingerprint density at radius 3 is 3.21 bits per heavy atom. The van der Waals surface area contributed by atoms with Crippen molar-refractivity contribution in [1.29, 1.82) is 0 Å². The Bertz CT molecular complexity index is 342. The molecule has 1 aliphatic heterocycles. The molecule has 5 nitrogen and oxygen atoms in total. The quantitative estimate of drug-likeness (QED) is 0.692. The van der Waals surface area contributed by atoms with Crippen LogP contribution in [-0.4, -0.2) is 23.2 Å². The first-order valence-electron chi connectivity index (χ1n) is 5.07. The van der Waals surface area contributed by atoms with Crippen LogP contribution in [0.5, 0.6) is 0 Å². The maximum Gasteiger partial charge on any atom is 0.230 e. The monoisotopic (exact) mass is 194 g/mol. The van der Waals surface area contributed by atoms with Crippen LogP contribution in [0.1, 0.15) is 30.5 Å². The summed E-state index contributed by atoms with van der Waals surface area (Å²) in [5.41, 5.74) is 5.86. The summed E-state index contributed by atoms with van der Waals surface area (Å²) in [7, 11) is 0. The fraction of sp³-hybridized carbons (Fsp3) is 0.778. The van der Waals surface area contributed by atoms with Crippen LogP contribution in [0.4, 0.5) is 0 Å². The first-order chi connectivity index (χ1) is 6.84. The molecule has 14 heavy (non-hydrogen) atoms. The molecule has 2 fully saturated rings. The number of nitrogens with zero attached hydrogens (tertiary/aromatic N) is 2. The molecule has 1 saturated heterocycles. The van der Waals surface area contributed by atoms with E-state index < -0.39 is 0 Å². The summed E-state index contributed by atoms with van der Waals surface area (Å²) in [6, 6.07) is 0. The predicted octanol–water partition coefficient (Wildman–Crippen LogP) is -0.00470. The molecule has 3 rings (SSSR count). The second-order valence-electron chi connectivity index (χ2n) is 4.30. The van der Waals surface area contributed by atoms with Gasteiger partial charge in [0.2, 0.25) is 5.89 Å². The summed E-state index contributed by atoms with van der Waals surface area (Å²) in [6.07, 6.45) is 2.42. The van der Waals surface area contributed by atoms with Crippen molar-refractivity contribution in [1.82, 2.24) is 15.5 Å². The summed E-state index contributed by atoms with van der Waals surface area (Å²) in [5, 5.41) is 7.20. The Balaban J connectivity index is 1.78. The molecule has 2 aliphatic rings. The molecule has 1 spiro atoms. The highest BCUT2D eigenvalue weighted by atomic mass is 16.5. The molecule has 1 aromatic rings. The minimum absolute atomic E-state index is 0.363. The average molecular weight is 194 g/mol. The highest BCUT2D eigenvalue weighted by molar-refractivity contribution is 5.19. The van der Waals surface area contributed by atoms with Gasteiger partial charge >= 0.3 is 0 Å². The van der Waals surface area contributed by atoms with Gasteiger partial charge in [-0.1, -0.05) is 5.16 Å². The van der Waals surface area contributed by atoms with Gasteiger partial charge in [-0.05, 0) is 24.8 Å². The molecular weight excluding hydrogens is 180 g/mol. The fourth-order valence-electron chi connectivity index (χ4n) is 2.42. The number of hydrogen-bond acceptors (Lipinski definition) is 5. The van der Waals surface area contributed by atoms with E-state index in [1.54, 1.807) is 0 Å². The highest BCUT2D eigenvalue weighted by Crippen LogP contribution is 2.62. The third-order valence-electron chi connectivity index (χ3n) is 3.43. The van der Waals surface area contributed by atoms with Crippen LogP contribution in [0.2, 0.25) is 0 Å². The van der Waals surface area contributed by atoms with Gasteiger partial charge in [-0.25, -0.2) is 0 Å². The molecule has 76 valence electrons. The molecular formula is C9H14N4O. The van der Waals surface area contributed by atoms with Crippen LogP contribution in [0.25, 0.3) is 0 Å². The van der Waals surface area contributed by atoms with Crippen molar-refractivity contribution in [2.45, 2.75) is 25.3 Å². The van der Waals surface area contributed by atoms with Crippen molar-refractivity contribution >= 4 is 0 Å². The lowest BCUT2D eigenvalue weighted by Crippen LogP contribution is -2.10. The zero-order chi connectivity index (χ0) is 9.60. The van der Waals surface area contributed by atoms with E-state index in [0.717, 1.165) is 19.0 Å². The van der Waals surface area contributed by atoms with E-state index in [4.69, 9.17) is 10.3 Å². The first kappa shape index (κ1) is 8.38. The lowest BCUT2D eigenvalue weighted by atomic mass is 10.0. The summed E-state index contributed by atoms with van der Waals surface area (Å²) in [6.45, 7) is 2.58. The average Bonchev–Trinajstić information content (AvgIpc) is 2.62. The number of nitrogens with one attached hydrogen (secondary N) is 1. The van der Waals surface area contributed by atoms with E-state index in [1.165, 1.54) is 12.8 Å². The van der Waals surface area contributed by atoms with Gasteiger partial charge < -0.3 is 15.6 Å². The Hall–Kier alpha value is -0.940. The molecule has 5 heteroatoms. The van der Waals surface area contributed by atoms with Crippen molar-refractivity contribution in [2.24, 2.45) is 11.1 Å². The lowest BCUT2D eigenvalue weighted by Gasteiger charge is -2.02. The van der Waals surface area contributed by atoms with Gasteiger partial charge in [-0.3, -0.25) is 0 Å². The van der Waals surface area contributed by atoms with Crippen LogP contribution < -0.4 is 11.1 Å². The molecule has 0 bridgehead atoms. The van der Waals surface area contributed by atoms with Gasteiger partial charge in [0.05, 0.1) is 6.54 Å². The van der Waals surface area contributed by atoms with Crippen LogP contribution >= 0.6 is 0 Å². The molecule has 2 heterocycles. The van der Waals surface area contributed by atoms with Crippen LogP contribution in [-0.2, 0) is 6.54 Å². The van der Waals surface area contributed by atoms with Gasteiger partial charge in [0, 0.05) is 12.5 Å². The van der Waals surface area contributed by atoms with Gasteiger partial charge in [0.25, 0.3) is 0 Å². The molecule has 1 aliphatic carbocycles. The molecule has 0 amide bonds. The van der Waals surface area contributed by atoms with E-state index in [9.17, 15) is 0 Å². The number of rotatable bonds is 2. The van der Waals surface area contributed by atoms with Crippen molar-refractivity contribution in [2.75, 3.05) is 13.1 Å². The minimum atomic E-state index is 0.363. The SMILES string of the molecule is NCc1noc(C2CC23CCNC3)n1. The third-order valence-corrected chi connectivity index (χ3v) is 3.43. The standard InChI is InChI=1S/C9H14N4O/c10-4-7-12-8(14-13-7)6-3-9(6)1-2-11-5-9/h6,11H,1-5,10H2. The first-order valence-corrected chi connectivity index (χ1v) is 5.07. The maximum absolute atomic E-state index is 5.43. The zero-order valence-electron chi connectivity index (χ0n) is 7.99. The van der Waals surface area contributed by atoms with Crippen LogP contribution in [0.15, 0.2) is 4.52 Å². The smallest absolute Gasteiger partial charge is 0.230 e. The second kappa shape index (κ2) is 2.77. The Kier molecular flexibility index (Phi) is 1.66. The lowest BCUT2D eigenvalue weighted by molar-refractivity contribution is 0.359. The summed E-state index contributed by atoms with van der Waals surface area (Å²) in [4.78, 5) is 4.28. The molecule has 2 unspecified atom stereocenters. The van der Waals surface area contributed by atoms with Gasteiger partial charge in [0.15, 0.2) is 5.82 Å². The van der Waals surface area contributed by atoms with E-state index in [0.29, 0.717) is 23.7 Å². The van der Waals surface area contributed by atoms with Gasteiger partial charge in [-0.15, -0.1) is 0 Å². The molecule has 3 N–H and O–H groups in total. The normalized spacial score (nSPS) is 35.4. The Morgan fingerprint density at radius 2 is 2.57 bits per heavy atom. The summed E-state index contributed by atoms with van der Waals surface area (Å²) in [5.74, 6) is 1.88.